The van der Waals surface area contributed by atoms with Gasteiger partial charge in [-0.05, 0) is 26.8 Å². The van der Waals surface area contributed by atoms with E-state index in [-0.39, 0.29) is 18.1 Å². The Labute approximate surface area is 170 Å². The Morgan fingerprint density at radius 3 is 2.75 bits per heavy atom. The summed E-state index contributed by atoms with van der Waals surface area (Å²) in [6.45, 7) is 5.58. The SMILES string of the molecule is CCOC(=O)C(C(=O)CSc1nnc(-c2ccoc2C)n1C)c1nc(C)cs1. The maximum atomic E-state index is 12.8. The summed E-state index contributed by atoms with van der Waals surface area (Å²) in [4.78, 5) is 29.5. The summed E-state index contributed by atoms with van der Waals surface area (Å²) >= 11 is 2.51. The highest BCUT2D eigenvalue weighted by Gasteiger charge is 2.32. The van der Waals surface area contributed by atoms with E-state index in [0.717, 1.165) is 17.0 Å². The number of aryl methyl sites for hydroxylation is 2. The fourth-order valence-electron chi connectivity index (χ4n) is 2.61. The van der Waals surface area contributed by atoms with Crippen LogP contribution >= 0.6 is 23.1 Å². The molecule has 1 atom stereocenters. The second-order valence-electron chi connectivity index (χ2n) is 6.02. The molecule has 3 heterocycles. The van der Waals surface area contributed by atoms with Crippen LogP contribution in [0.1, 0.15) is 29.3 Å². The summed E-state index contributed by atoms with van der Waals surface area (Å²) in [7, 11) is 1.82. The number of hydrogen-bond acceptors (Lipinski definition) is 9. The molecule has 28 heavy (non-hydrogen) atoms. The summed E-state index contributed by atoms with van der Waals surface area (Å²) in [5, 5.41) is 11.2. The smallest absolute Gasteiger partial charge is 0.323 e. The molecule has 0 saturated heterocycles. The van der Waals surface area contributed by atoms with Crippen LogP contribution in [0.5, 0.6) is 0 Å². The van der Waals surface area contributed by atoms with Crippen LogP contribution < -0.4 is 0 Å². The first kappa shape index (κ1) is 20.3. The molecule has 0 aliphatic rings. The number of ketones is 1. The van der Waals surface area contributed by atoms with Crippen LogP contribution in [0.15, 0.2) is 27.3 Å². The maximum absolute atomic E-state index is 12.8. The zero-order valence-corrected chi connectivity index (χ0v) is 17.6. The van der Waals surface area contributed by atoms with E-state index in [1.165, 1.54) is 23.1 Å². The van der Waals surface area contributed by atoms with Crippen LogP contribution in [-0.4, -0.2) is 43.9 Å². The van der Waals surface area contributed by atoms with Crippen LogP contribution in [0, 0.1) is 13.8 Å². The molecule has 1 unspecified atom stereocenters. The van der Waals surface area contributed by atoms with Gasteiger partial charge < -0.3 is 13.7 Å². The molecule has 0 radical (unpaired) electrons. The Hall–Kier alpha value is -2.46. The fourth-order valence-corrected chi connectivity index (χ4v) is 4.33. The van der Waals surface area contributed by atoms with Gasteiger partial charge in [0.25, 0.3) is 0 Å². The highest BCUT2D eigenvalue weighted by atomic mass is 32.2. The van der Waals surface area contributed by atoms with Gasteiger partial charge in [0.15, 0.2) is 22.7 Å². The predicted molar refractivity (Wildman–Crippen MR) is 105 cm³/mol. The molecular weight excluding hydrogens is 400 g/mol. The number of hydrogen-bond donors (Lipinski definition) is 0. The van der Waals surface area contributed by atoms with E-state index in [9.17, 15) is 9.59 Å². The van der Waals surface area contributed by atoms with Crippen molar-refractivity contribution in [3.8, 4) is 11.4 Å². The van der Waals surface area contributed by atoms with E-state index in [1.54, 1.807) is 17.8 Å². The number of carbonyl (C=O) groups excluding carboxylic acids is 2. The standard InChI is InChI=1S/C18H20N4O4S2/c1-5-25-17(24)14(16-19-10(2)8-27-16)13(23)9-28-18-21-20-15(22(18)4)12-6-7-26-11(12)3/h6-8,14H,5,9H2,1-4H3. The Morgan fingerprint density at radius 1 is 1.36 bits per heavy atom. The van der Waals surface area contributed by atoms with Gasteiger partial charge in [-0.25, -0.2) is 4.98 Å². The molecule has 0 aromatic carbocycles. The molecule has 3 rings (SSSR count). The summed E-state index contributed by atoms with van der Waals surface area (Å²) < 4.78 is 12.2. The molecule has 3 aromatic rings. The molecule has 0 amide bonds. The number of aromatic nitrogens is 4. The van der Waals surface area contributed by atoms with E-state index in [4.69, 9.17) is 9.15 Å². The Bertz CT molecular complexity index is 992. The Kier molecular flexibility index (Phi) is 6.30. The number of thioether (sulfide) groups is 1. The first-order valence-electron chi connectivity index (χ1n) is 8.60. The third-order valence-electron chi connectivity index (χ3n) is 4.01. The van der Waals surface area contributed by atoms with Crippen molar-refractivity contribution < 1.29 is 18.7 Å². The van der Waals surface area contributed by atoms with Gasteiger partial charge in [0.1, 0.15) is 10.8 Å². The predicted octanol–water partition coefficient (Wildman–Crippen LogP) is 3.16. The second-order valence-corrected chi connectivity index (χ2v) is 7.86. The first-order chi connectivity index (χ1) is 13.4. The van der Waals surface area contributed by atoms with Crippen LogP contribution in [0.4, 0.5) is 0 Å². The summed E-state index contributed by atoms with van der Waals surface area (Å²) in [5.41, 5.74) is 1.61. The summed E-state index contributed by atoms with van der Waals surface area (Å²) in [6.07, 6.45) is 1.59. The molecule has 3 aromatic heterocycles. The number of furan rings is 1. The van der Waals surface area contributed by atoms with Crippen molar-refractivity contribution in [2.45, 2.75) is 31.8 Å². The quantitative estimate of drug-likeness (QED) is 0.311. The maximum Gasteiger partial charge on any atom is 0.323 e. The van der Waals surface area contributed by atoms with Gasteiger partial charge in [-0.15, -0.1) is 21.5 Å². The van der Waals surface area contributed by atoms with E-state index >= 15 is 0 Å². The van der Waals surface area contributed by atoms with Crippen molar-refractivity contribution in [1.29, 1.82) is 0 Å². The van der Waals surface area contributed by atoms with E-state index in [2.05, 4.69) is 15.2 Å². The van der Waals surface area contributed by atoms with Gasteiger partial charge in [-0.1, -0.05) is 11.8 Å². The van der Waals surface area contributed by atoms with Crippen LogP contribution in [0.3, 0.4) is 0 Å². The molecule has 10 heteroatoms. The second kappa shape index (κ2) is 8.70. The number of ether oxygens (including phenoxy) is 1. The van der Waals surface area contributed by atoms with Gasteiger partial charge in [-0.2, -0.15) is 0 Å². The molecule has 0 N–H and O–H groups in total. The lowest BCUT2D eigenvalue weighted by atomic mass is 10.1. The highest BCUT2D eigenvalue weighted by molar-refractivity contribution is 7.99. The number of esters is 1. The third kappa shape index (κ3) is 4.17. The molecule has 148 valence electrons. The van der Waals surface area contributed by atoms with Gasteiger partial charge in [0, 0.05) is 18.1 Å². The van der Waals surface area contributed by atoms with Crippen molar-refractivity contribution in [3.05, 3.63) is 34.2 Å². The van der Waals surface area contributed by atoms with E-state index in [1.807, 2.05) is 32.3 Å². The normalized spacial score (nSPS) is 12.1. The molecule has 0 fully saturated rings. The lowest BCUT2D eigenvalue weighted by molar-refractivity contribution is -0.147. The molecule has 0 aliphatic heterocycles. The minimum Gasteiger partial charge on any atom is -0.469 e. The first-order valence-corrected chi connectivity index (χ1v) is 10.5. The third-order valence-corrected chi connectivity index (χ3v) is 6.08. The average Bonchev–Trinajstić information content (AvgIpc) is 3.35. The topological polar surface area (TPSA) is 100 Å². The highest BCUT2D eigenvalue weighted by Crippen LogP contribution is 2.28. The number of Topliss-reactive ketones (excluding diaryl/α,β-unsaturated/α-hetero) is 1. The van der Waals surface area contributed by atoms with Crippen molar-refractivity contribution >= 4 is 34.9 Å². The zero-order chi connectivity index (χ0) is 20.3. The number of nitrogens with zero attached hydrogens (tertiary/aromatic N) is 4. The summed E-state index contributed by atoms with van der Waals surface area (Å²) in [5.74, 6) is -0.423. The van der Waals surface area contributed by atoms with Gasteiger partial charge in [0.2, 0.25) is 0 Å². The molecule has 0 spiro atoms. The minimum atomic E-state index is -1.02. The van der Waals surface area contributed by atoms with Crippen LogP contribution in [-0.2, 0) is 21.4 Å². The molecular formula is C18H20N4O4S2. The minimum absolute atomic E-state index is 0.0540. The van der Waals surface area contributed by atoms with Gasteiger partial charge in [0.05, 0.1) is 24.2 Å². The van der Waals surface area contributed by atoms with Gasteiger partial charge >= 0.3 is 5.97 Å². The number of carbonyl (C=O) groups is 2. The zero-order valence-electron chi connectivity index (χ0n) is 16.0. The monoisotopic (exact) mass is 420 g/mol. The Morgan fingerprint density at radius 2 is 2.14 bits per heavy atom. The van der Waals surface area contributed by atoms with E-state index < -0.39 is 11.9 Å². The van der Waals surface area contributed by atoms with Gasteiger partial charge in [-0.3, -0.25) is 9.59 Å². The van der Waals surface area contributed by atoms with Crippen molar-refractivity contribution in [2.75, 3.05) is 12.4 Å². The Balaban J connectivity index is 1.75. The van der Waals surface area contributed by atoms with Crippen LogP contribution in [0.25, 0.3) is 11.4 Å². The molecule has 0 saturated carbocycles. The number of rotatable bonds is 8. The number of thiazole rings is 1. The van der Waals surface area contributed by atoms with Crippen molar-refractivity contribution in [1.82, 2.24) is 19.7 Å². The summed E-state index contributed by atoms with van der Waals surface area (Å²) in [6, 6.07) is 1.82. The van der Waals surface area contributed by atoms with E-state index in [0.29, 0.717) is 16.0 Å². The molecule has 8 nitrogen and oxygen atoms in total. The van der Waals surface area contributed by atoms with Crippen LogP contribution in [0.2, 0.25) is 0 Å². The lowest BCUT2D eigenvalue weighted by Gasteiger charge is -2.12. The molecule has 0 aliphatic carbocycles. The van der Waals surface area contributed by atoms with Crippen molar-refractivity contribution in [2.24, 2.45) is 7.05 Å². The average molecular weight is 421 g/mol. The fraction of sp³-hybridized carbons (Fsp3) is 0.389. The lowest BCUT2D eigenvalue weighted by Crippen LogP contribution is -2.25. The van der Waals surface area contributed by atoms with Crippen molar-refractivity contribution in [3.63, 3.8) is 0 Å². The largest absolute Gasteiger partial charge is 0.469 e. The molecule has 0 bridgehead atoms.